The summed E-state index contributed by atoms with van der Waals surface area (Å²) in [6.45, 7) is 2.04. The quantitative estimate of drug-likeness (QED) is 0.454. The second kappa shape index (κ2) is 9.38. The average Bonchev–Trinajstić information content (AvgIpc) is 3.33. The summed E-state index contributed by atoms with van der Waals surface area (Å²) >= 11 is 0. The Morgan fingerprint density at radius 1 is 0.641 bits per heavy atom. The van der Waals surface area contributed by atoms with Crippen LogP contribution in [-0.4, -0.2) is 42.7 Å². The maximum Gasteiger partial charge on any atom is 0.237 e. The molecule has 3 aromatic rings. The van der Waals surface area contributed by atoms with Crippen LogP contribution in [0.1, 0.15) is 18.4 Å². The predicted molar refractivity (Wildman–Crippen MR) is 146 cm³/mol. The molecule has 0 aromatic heterocycles. The Labute approximate surface area is 226 Å². The number of fused-ring (bicyclic) bond motifs is 2. The molecule has 4 amide bonds. The van der Waals surface area contributed by atoms with Crippen LogP contribution >= 0.6 is 0 Å². The van der Waals surface area contributed by atoms with E-state index in [1.165, 1.54) is 11.9 Å². The van der Waals surface area contributed by atoms with Crippen LogP contribution in [0.2, 0.25) is 0 Å². The SMILES string of the molecule is COc1ccc(N(c2ccc(C)cc2)c2ccc(N3C(=O)C4CC5C(=O)N(C)C(=O)C5CC4C3=O)cc2)cc1. The lowest BCUT2D eigenvalue weighted by atomic mass is 9.70. The van der Waals surface area contributed by atoms with E-state index in [0.717, 1.165) is 33.3 Å². The molecule has 4 unspecified atom stereocenters. The number of likely N-dealkylation sites (tertiary alicyclic amines) is 1. The van der Waals surface area contributed by atoms with Gasteiger partial charge in [-0.25, -0.2) is 0 Å². The van der Waals surface area contributed by atoms with E-state index in [9.17, 15) is 19.2 Å². The molecule has 8 nitrogen and oxygen atoms in total. The summed E-state index contributed by atoms with van der Waals surface area (Å²) in [5.74, 6) is -2.53. The van der Waals surface area contributed by atoms with Gasteiger partial charge in [-0.05, 0) is 80.4 Å². The smallest absolute Gasteiger partial charge is 0.237 e. The minimum atomic E-state index is -0.579. The standard InChI is InChI=1S/C31H29N3O5/c1-18-4-6-19(7-5-18)33(21-12-14-23(39-3)15-13-21)20-8-10-22(11-9-20)34-30(37)26-16-24-25(17-27(26)31(34)38)29(36)32(2)28(24)35/h4-15,24-27H,16-17H2,1-3H3. The Morgan fingerprint density at radius 2 is 1.05 bits per heavy atom. The number of methoxy groups -OCH3 is 1. The highest BCUT2D eigenvalue weighted by Crippen LogP contribution is 2.48. The fourth-order valence-electron chi connectivity index (χ4n) is 6.22. The lowest BCUT2D eigenvalue weighted by molar-refractivity contribution is -0.138. The van der Waals surface area contributed by atoms with Gasteiger partial charge in [-0.1, -0.05) is 17.7 Å². The number of hydrogen-bond donors (Lipinski definition) is 0. The molecule has 1 saturated carbocycles. The van der Waals surface area contributed by atoms with Crippen molar-refractivity contribution in [2.45, 2.75) is 19.8 Å². The van der Waals surface area contributed by atoms with E-state index in [0.29, 0.717) is 5.69 Å². The van der Waals surface area contributed by atoms with Gasteiger partial charge in [0.15, 0.2) is 0 Å². The molecule has 8 heteroatoms. The van der Waals surface area contributed by atoms with Crippen LogP contribution < -0.4 is 14.5 Å². The van der Waals surface area contributed by atoms with Gasteiger partial charge in [0.1, 0.15) is 5.75 Å². The van der Waals surface area contributed by atoms with Crippen LogP contribution in [0, 0.1) is 30.6 Å². The predicted octanol–water partition coefficient (Wildman–Crippen LogP) is 4.60. The summed E-state index contributed by atoms with van der Waals surface area (Å²) in [4.78, 5) is 56.4. The summed E-state index contributed by atoms with van der Waals surface area (Å²) < 4.78 is 5.32. The summed E-state index contributed by atoms with van der Waals surface area (Å²) in [5.41, 5.74) is 4.39. The summed E-state index contributed by atoms with van der Waals surface area (Å²) in [7, 11) is 3.10. The lowest BCUT2D eigenvalue weighted by Crippen LogP contribution is -2.35. The van der Waals surface area contributed by atoms with Crippen LogP contribution in [0.5, 0.6) is 5.75 Å². The number of rotatable bonds is 5. The minimum absolute atomic E-state index is 0.238. The number of hydrogen-bond acceptors (Lipinski definition) is 6. The first kappa shape index (κ1) is 24.9. The van der Waals surface area contributed by atoms with Crippen LogP contribution in [0.4, 0.5) is 22.7 Å². The van der Waals surface area contributed by atoms with Gasteiger partial charge >= 0.3 is 0 Å². The molecule has 3 aromatic carbocycles. The van der Waals surface area contributed by atoms with Crippen molar-refractivity contribution in [2.75, 3.05) is 24.0 Å². The van der Waals surface area contributed by atoms with Crippen LogP contribution in [0.15, 0.2) is 72.8 Å². The Kier molecular flexibility index (Phi) is 5.98. The third-order valence-corrected chi connectivity index (χ3v) is 8.35. The molecule has 6 rings (SSSR count). The molecule has 0 spiro atoms. The molecule has 0 N–H and O–H groups in total. The number of aryl methyl sites for hydroxylation is 1. The zero-order chi connectivity index (χ0) is 27.4. The lowest BCUT2D eigenvalue weighted by Gasteiger charge is -2.28. The first-order chi connectivity index (χ1) is 18.8. The van der Waals surface area contributed by atoms with Crippen molar-refractivity contribution in [1.29, 1.82) is 0 Å². The van der Waals surface area contributed by atoms with Gasteiger partial charge in [-0.3, -0.25) is 29.0 Å². The molecule has 4 atom stereocenters. The average molecular weight is 524 g/mol. The van der Waals surface area contributed by atoms with Crippen LogP contribution in [0.3, 0.4) is 0 Å². The van der Waals surface area contributed by atoms with Crippen molar-refractivity contribution in [2.24, 2.45) is 23.7 Å². The number of amides is 4. The number of carbonyl (C=O) groups is 4. The second-order valence-electron chi connectivity index (χ2n) is 10.5. The van der Waals surface area contributed by atoms with Crippen molar-refractivity contribution in [3.8, 4) is 5.75 Å². The summed E-state index contributed by atoms with van der Waals surface area (Å²) in [5, 5.41) is 0. The molecule has 0 bridgehead atoms. The number of anilines is 4. The fraction of sp³-hybridized carbons (Fsp3) is 0.290. The van der Waals surface area contributed by atoms with Gasteiger partial charge in [-0.15, -0.1) is 0 Å². The Morgan fingerprint density at radius 3 is 1.51 bits per heavy atom. The molecule has 1 aliphatic carbocycles. The van der Waals surface area contributed by atoms with Gasteiger partial charge in [-0.2, -0.15) is 0 Å². The maximum atomic E-state index is 13.4. The minimum Gasteiger partial charge on any atom is -0.497 e. The van der Waals surface area contributed by atoms with Crippen molar-refractivity contribution in [3.05, 3.63) is 78.4 Å². The highest BCUT2D eigenvalue weighted by Gasteiger charge is 2.59. The fourth-order valence-corrected chi connectivity index (χ4v) is 6.22. The molecule has 2 aliphatic heterocycles. The number of ether oxygens (including phenoxy) is 1. The molecule has 0 radical (unpaired) electrons. The summed E-state index contributed by atoms with van der Waals surface area (Å²) in [6, 6.07) is 23.3. The number of nitrogens with zero attached hydrogens (tertiary/aromatic N) is 3. The topological polar surface area (TPSA) is 87.2 Å². The van der Waals surface area contributed by atoms with E-state index in [1.807, 2.05) is 67.6 Å². The van der Waals surface area contributed by atoms with Crippen molar-refractivity contribution < 1.29 is 23.9 Å². The Hall–Kier alpha value is -4.46. The molecule has 3 fully saturated rings. The number of imide groups is 2. The number of benzene rings is 3. The van der Waals surface area contributed by atoms with E-state index in [-0.39, 0.29) is 36.5 Å². The van der Waals surface area contributed by atoms with E-state index >= 15 is 0 Å². The molecular weight excluding hydrogens is 494 g/mol. The van der Waals surface area contributed by atoms with Gasteiger partial charge in [0, 0.05) is 24.1 Å². The second-order valence-corrected chi connectivity index (χ2v) is 10.5. The first-order valence-corrected chi connectivity index (χ1v) is 13.1. The molecule has 3 aliphatic rings. The molecular formula is C31H29N3O5. The van der Waals surface area contributed by atoms with E-state index in [1.54, 1.807) is 19.2 Å². The third kappa shape index (κ3) is 3.98. The van der Waals surface area contributed by atoms with E-state index in [2.05, 4.69) is 4.90 Å². The monoisotopic (exact) mass is 523 g/mol. The first-order valence-electron chi connectivity index (χ1n) is 13.1. The van der Waals surface area contributed by atoms with Crippen molar-refractivity contribution in [3.63, 3.8) is 0 Å². The van der Waals surface area contributed by atoms with Gasteiger partial charge in [0.05, 0.1) is 36.5 Å². The molecule has 39 heavy (non-hydrogen) atoms. The zero-order valence-corrected chi connectivity index (χ0v) is 22.0. The van der Waals surface area contributed by atoms with Gasteiger partial charge in [0.2, 0.25) is 23.6 Å². The molecule has 2 heterocycles. The highest BCUT2D eigenvalue weighted by atomic mass is 16.5. The van der Waals surface area contributed by atoms with Crippen LogP contribution in [0.25, 0.3) is 0 Å². The normalized spacial score (nSPS) is 24.2. The van der Waals surface area contributed by atoms with Gasteiger partial charge in [0.25, 0.3) is 0 Å². The number of carbonyl (C=O) groups excluding carboxylic acids is 4. The largest absolute Gasteiger partial charge is 0.497 e. The summed E-state index contributed by atoms with van der Waals surface area (Å²) in [6.07, 6.45) is 0.476. The van der Waals surface area contributed by atoms with Crippen molar-refractivity contribution >= 4 is 46.4 Å². The van der Waals surface area contributed by atoms with Gasteiger partial charge < -0.3 is 9.64 Å². The molecule has 198 valence electrons. The Bertz CT molecular complexity index is 1420. The highest BCUT2D eigenvalue weighted by molar-refractivity contribution is 6.22. The maximum absolute atomic E-state index is 13.4. The van der Waals surface area contributed by atoms with E-state index < -0.39 is 23.7 Å². The zero-order valence-electron chi connectivity index (χ0n) is 22.0. The van der Waals surface area contributed by atoms with Crippen molar-refractivity contribution in [1.82, 2.24) is 4.90 Å². The Balaban J connectivity index is 1.30. The van der Waals surface area contributed by atoms with Crippen LogP contribution in [-0.2, 0) is 19.2 Å². The molecule has 2 saturated heterocycles. The third-order valence-electron chi connectivity index (χ3n) is 8.35. The van der Waals surface area contributed by atoms with E-state index in [4.69, 9.17) is 4.74 Å².